The van der Waals surface area contributed by atoms with Crippen molar-refractivity contribution in [1.82, 2.24) is 0 Å². The lowest BCUT2D eigenvalue weighted by molar-refractivity contribution is -0.192. The molecule has 3 aromatic rings. The standard InChI is InChI=1S/C31H32O7/c1-23(32)17-18-28(33)38-31-30(36-21-26-15-9-4-10-16-26)29(35-20-25-13-7-3-8-14-25)27(37-31)22-34-19-24-11-5-2-6-12-24/h2-18,27,29-31H,19-22H2,1H3/b18-17+/t27-,29-,30+,31+/m1/s1. The highest BCUT2D eigenvalue weighted by atomic mass is 16.7. The Morgan fingerprint density at radius 1 is 0.711 bits per heavy atom. The summed E-state index contributed by atoms with van der Waals surface area (Å²) in [7, 11) is 0. The molecule has 1 aliphatic heterocycles. The molecule has 0 unspecified atom stereocenters. The number of hydrogen-bond donors (Lipinski definition) is 0. The molecule has 3 aromatic carbocycles. The van der Waals surface area contributed by atoms with Gasteiger partial charge in [-0.3, -0.25) is 4.79 Å². The van der Waals surface area contributed by atoms with Gasteiger partial charge in [0.15, 0.2) is 5.78 Å². The van der Waals surface area contributed by atoms with Gasteiger partial charge in [-0.2, -0.15) is 0 Å². The lowest BCUT2D eigenvalue weighted by atomic mass is 10.1. The van der Waals surface area contributed by atoms with Crippen molar-refractivity contribution in [3.8, 4) is 0 Å². The summed E-state index contributed by atoms with van der Waals surface area (Å²) < 4.78 is 30.3. The molecular formula is C31H32O7. The molecular weight excluding hydrogens is 484 g/mol. The second-order valence-corrected chi connectivity index (χ2v) is 8.95. The van der Waals surface area contributed by atoms with E-state index in [1.54, 1.807) is 0 Å². The van der Waals surface area contributed by atoms with Crippen LogP contribution in [-0.2, 0) is 53.1 Å². The topological polar surface area (TPSA) is 80.3 Å². The zero-order valence-corrected chi connectivity index (χ0v) is 21.3. The molecule has 1 aliphatic rings. The van der Waals surface area contributed by atoms with Crippen LogP contribution in [0.3, 0.4) is 0 Å². The van der Waals surface area contributed by atoms with Gasteiger partial charge in [0.25, 0.3) is 0 Å². The summed E-state index contributed by atoms with van der Waals surface area (Å²) >= 11 is 0. The van der Waals surface area contributed by atoms with E-state index < -0.39 is 30.6 Å². The van der Waals surface area contributed by atoms with Gasteiger partial charge < -0.3 is 23.7 Å². The van der Waals surface area contributed by atoms with Crippen molar-refractivity contribution in [3.63, 3.8) is 0 Å². The summed E-state index contributed by atoms with van der Waals surface area (Å²) in [5, 5.41) is 0. The quantitative estimate of drug-likeness (QED) is 0.239. The molecule has 0 N–H and O–H groups in total. The summed E-state index contributed by atoms with van der Waals surface area (Å²) in [5.74, 6) is -0.964. The molecule has 1 saturated heterocycles. The molecule has 38 heavy (non-hydrogen) atoms. The maximum absolute atomic E-state index is 12.4. The van der Waals surface area contributed by atoms with E-state index in [9.17, 15) is 9.59 Å². The first-order valence-electron chi connectivity index (χ1n) is 12.6. The molecule has 7 heteroatoms. The number of carbonyl (C=O) groups is 2. The van der Waals surface area contributed by atoms with Gasteiger partial charge in [0.1, 0.15) is 18.3 Å². The first-order chi connectivity index (χ1) is 18.6. The third-order valence-corrected chi connectivity index (χ3v) is 5.92. The predicted octanol–water partition coefficient (Wildman–Crippen LogP) is 4.79. The Morgan fingerprint density at radius 2 is 1.21 bits per heavy atom. The lowest BCUT2D eigenvalue weighted by Gasteiger charge is -2.24. The molecule has 0 aliphatic carbocycles. The minimum absolute atomic E-state index is 0.205. The van der Waals surface area contributed by atoms with Crippen LogP contribution in [0.1, 0.15) is 23.6 Å². The van der Waals surface area contributed by atoms with Crippen molar-refractivity contribution in [2.45, 2.75) is 51.3 Å². The molecule has 1 fully saturated rings. The minimum atomic E-state index is -1.05. The van der Waals surface area contributed by atoms with Gasteiger partial charge in [0, 0.05) is 6.08 Å². The summed E-state index contributed by atoms with van der Waals surface area (Å²) in [6.45, 7) is 2.55. The van der Waals surface area contributed by atoms with Crippen LogP contribution in [0.25, 0.3) is 0 Å². The summed E-state index contributed by atoms with van der Waals surface area (Å²) in [5.41, 5.74) is 2.98. The fourth-order valence-corrected chi connectivity index (χ4v) is 4.04. The number of esters is 1. The van der Waals surface area contributed by atoms with Gasteiger partial charge in [0.2, 0.25) is 6.29 Å². The van der Waals surface area contributed by atoms with Gasteiger partial charge in [-0.25, -0.2) is 4.79 Å². The average molecular weight is 517 g/mol. The zero-order valence-electron chi connectivity index (χ0n) is 21.3. The molecule has 1 heterocycles. The van der Waals surface area contributed by atoms with Crippen LogP contribution in [0.5, 0.6) is 0 Å². The number of benzene rings is 3. The highest BCUT2D eigenvalue weighted by Crippen LogP contribution is 2.30. The van der Waals surface area contributed by atoms with E-state index in [1.807, 2.05) is 91.0 Å². The van der Waals surface area contributed by atoms with Gasteiger partial charge in [-0.15, -0.1) is 0 Å². The van der Waals surface area contributed by atoms with Crippen molar-refractivity contribution >= 4 is 11.8 Å². The Balaban J connectivity index is 1.51. The highest BCUT2D eigenvalue weighted by Gasteiger charge is 2.48. The number of hydrogen-bond acceptors (Lipinski definition) is 7. The van der Waals surface area contributed by atoms with Crippen molar-refractivity contribution in [2.24, 2.45) is 0 Å². The fourth-order valence-electron chi connectivity index (χ4n) is 4.04. The van der Waals surface area contributed by atoms with Crippen LogP contribution >= 0.6 is 0 Å². The predicted molar refractivity (Wildman–Crippen MR) is 141 cm³/mol. The Labute approximate surface area is 222 Å². The van der Waals surface area contributed by atoms with E-state index in [1.165, 1.54) is 6.92 Å². The molecule has 0 radical (unpaired) electrons. The largest absolute Gasteiger partial charge is 0.430 e. The maximum Gasteiger partial charge on any atom is 0.333 e. The van der Waals surface area contributed by atoms with Crippen molar-refractivity contribution in [1.29, 1.82) is 0 Å². The van der Waals surface area contributed by atoms with Crippen molar-refractivity contribution in [3.05, 3.63) is 120 Å². The summed E-state index contributed by atoms with van der Waals surface area (Å²) in [6.07, 6.45) is -0.671. The van der Waals surface area contributed by atoms with Crippen LogP contribution in [0.2, 0.25) is 0 Å². The van der Waals surface area contributed by atoms with Crippen LogP contribution in [0.4, 0.5) is 0 Å². The minimum Gasteiger partial charge on any atom is -0.430 e. The van der Waals surface area contributed by atoms with Crippen LogP contribution in [-0.4, -0.2) is 43.0 Å². The normalized spacial score (nSPS) is 21.0. The van der Waals surface area contributed by atoms with E-state index in [-0.39, 0.29) is 19.0 Å². The molecule has 4 atom stereocenters. The van der Waals surface area contributed by atoms with E-state index in [0.29, 0.717) is 13.2 Å². The summed E-state index contributed by atoms with van der Waals surface area (Å²) in [4.78, 5) is 23.7. The molecule has 0 amide bonds. The van der Waals surface area contributed by atoms with E-state index in [0.717, 1.165) is 28.8 Å². The first kappa shape index (κ1) is 27.4. The van der Waals surface area contributed by atoms with Crippen molar-refractivity contribution in [2.75, 3.05) is 6.61 Å². The maximum atomic E-state index is 12.4. The van der Waals surface area contributed by atoms with Gasteiger partial charge in [-0.05, 0) is 29.7 Å². The second kappa shape index (κ2) is 14.4. The van der Waals surface area contributed by atoms with E-state index in [4.69, 9.17) is 23.7 Å². The smallest absolute Gasteiger partial charge is 0.333 e. The monoisotopic (exact) mass is 516 g/mol. The Bertz CT molecular complexity index is 1160. The highest BCUT2D eigenvalue weighted by molar-refractivity contribution is 5.94. The van der Waals surface area contributed by atoms with Crippen LogP contribution < -0.4 is 0 Å². The number of rotatable bonds is 13. The summed E-state index contributed by atoms with van der Waals surface area (Å²) in [6, 6.07) is 29.3. The molecule has 4 rings (SSSR count). The molecule has 0 spiro atoms. The zero-order chi connectivity index (χ0) is 26.6. The molecule has 0 bridgehead atoms. The van der Waals surface area contributed by atoms with Crippen molar-refractivity contribution < 1.29 is 33.3 Å². The fraction of sp³-hybridized carbons (Fsp3) is 0.290. The Hall–Kier alpha value is -3.62. The molecule has 0 aromatic heterocycles. The van der Waals surface area contributed by atoms with Crippen LogP contribution in [0, 0.1) is 0 Å². The Morgan fingerprint density at radius 3 is 1.74 bits per heavy atom. The SMILES string of the molecule is CC(=O)/C=C/C(=O)O[C@@H]1O[C@H](COCc2ccccc2)[C@@H](OCc2ccccc2)[C@@H]1OCc1ccccc1. The Kier molecular flexibility index (Phi) is 10.4. The number of ether oxygens (including phenoxy) is 5. The molecule has 0 saturated carbocycles. The van der Waals surface area contributed by atoms with Crippen LogP contribution in [0.15, 0.2) is 103 Å². The lowest BCUT2D eigenvalue weighted by Crippen LogP contribution is -2.40. The third-order valence-electron chi connectivity index (χ3n) is 5.92. The van der Waals surface area contributed by atoms with Gasteiger partial charge in [-0.1, -0.05) is 91.0 Å². The van der Waals surface area contributed by atoms with Gasteiger partial charge in [0.05, 0.1) is 26.4 Å². The van der Waals surface area contributed by atoms with E-state index in [2.05, 4.69) is 0 Å². The second-order valence-electron chi connectivity index (χ2n) is 8.95. The number of allylic oxidation sites excluding steroid dienone is 1. The molecule has 198 valence electrons. The number of carbonyl (C=O) groups excluding carboxylic acids is 2. The van der Waals surface area contributed by atoms with E-state index >= 15 is 0 Å². The van der Waals surface area contributed by atoms with Gasteiger partial charge >= 0.3 is 5.97 Å². The number of ketones is 1. The average Bonchev–Trinajstić information content (AvgIpc) is 3.26. The third kappa shape index (κ3) is 8.46. The molecule has 7 nitrogen and oxygen atoms in total. The first-order valence-corrected chi connectivity index (χ1v) is 12.6.